The predicted molar refractivity (Wildman–Crippen MR) is 66.3 cm³/mol. The molecule has 0 aliphatic heterocycles. The zero-order valence-corrected chi connectivity index (χ0v) is 11.4. The third-order valence-electron chi connectivity index (χ3n) is 2.74. The van der Waals surface area contributed by atoms with Crippen LogP contribution in [0, 0.1) is 5.92 Å². The SMILES string of the molecule is CC(CCC(=O)O)CNC(=O)Cn1ccc(C(F)(F)F)n1. The Labute approximate surface area is 118 Å². The zero-order valence-electron chi connectivity index (χ0n) is 11.4. The van der Waals surface area contributed by atoms with Gasteiger partial charge >= 0.3 is 12.1 Å². The van der Waals surface area contributed by atoms with Crippen molar-refractivity contribution in [2.24, 2.45) is 5.92 Å². The Kier molecular flexibility index (Phi) is 5.74. The molecule has 6 nitrogen and oxygen atoms in total. The summed E-state index contributed by atoms with van der Waals surface area (Å²) in [6, 6.07) is 0.794. The molecule has 0 radical (unpaired) electrons. The van der Waals surface area contributed by atoms with Crippen LogP contribution in [-0.4, -0.2) is 33.3 Å². The van der Waals surface area contributed by atoms with Crippen LogP contribution in [-0.2, 0) is 22.3 Å². The molecule has 2 N–H and O–H groups in total. The van der Waals surface area contributed by atoms with Gasteiger partial charge in [0, 0.05) is 19.2 Å². The van der Waals surface area contributed by atoms with E-state index in [1.165, 1.54) is 0 Å². The summed E-state index contributed by atoms with van der Waals surface area (Å²) in [7, 11) is 0. The molecule has 1 atom stereocenters. The van der Waals surface area contributed by atoms with Crippen LogP contribution >= 0.6 is 0 Å². The Morgan fingerprint density at radius 2 is 2.14 bits per heavy atom. The molecular weight excluding hydrogens is 291 g/mol. The van der Waals surface area contributed by atoms with Crippen LogP contribution in [0.3, 0.4) is 0 Å². The van der Waals surface area contributed by atoms with Crippen LogP contribution in [0.4, 0.5) is 13.2 Å². The minimum Gasteiger partial charge on any atom is -0.481 e. The third kappa shape index (κ3) is 6.28. The van der Waals surface area contributed by atoms with Crippen LogP contribution in [0.5, 0.6) is 0 Å². The zero-order chi connectivity index (χ0) is 16.0. The van der Waals surface area contributed by atoms with Crippen molar-refractivity contribution < 1.29 is 27.9 Å². The summed E-state index contributed by atoms with van der Waals surface area (Å²) in [5.74, 6) is -1.42. The molecule has 0 bridgehead atoms. The number of aliphatic carboxylic acids is 1. The fourth-order valence-corrected chi connectivity index (χ4v) is 1.56. The molecule has 0 saturated heterocycles. The molecule has 21 heavy (non-hydrogen) atoms. The van der Waals surface area contributed by atoms with E-state index in [1.54, 1.807) is 6.92 Å². The first-order valence-electron chi connectivity index (χ1n) is 6.27. The van der Waals surface area contributed by atoms with Crippen molar-refractivity contribution in [1.82, 2.24) is 15.1 Å². The summed E-state index contributed by atoms with van der Waals surface area (Å²) in [6.45, 7) is 1.72. The van der Waals surface area contributed by atoms with Crippen LogP contribution < -0.4 is 5.32 Å². The second-order valence-electron chi connectivity index (χ2n) is 4.74. The number of amides is 1. The van der Waals surface area contributed by atoms with Crippen molar-refractivity contribution in [2.75, 3.05) is 6.54 Å². The largest absolute Gasteiger partial charge is 0.481 e. The Morgan fingerprint density at radius 1 is 1.48 bits per heavy atom. The molecule has 1 heterocycles. The lowest BCUT2D eigenvalue weighted by molar-refractivity contribution is -0.142. The molecule has 0 aliphatic carbocycles. The van der Waals surface area contributed by atoms with Gasteiger partial charge in [-0.2, -0.15) is 18.3 Å². The van der Waals surface area contributed by atoms with Gasteiger partial charge < -0.3 is 10.4 Å². The van der Waals surface area contributed by atoms with Gasteiger partial charge in [-0.15, -0.1) is 0 Å². The Bertz CT molecular complexity index is 499. The van der Waals surface area contributed by atoms with Gasteiger partial charge in [-0.1, -0.05) is 6.92 Å². The molecule has 0 aromatic carbocycles. The molecule has 1 aromatic rings. The van der Waals surface area contributed by atoms with Crippen LogP contribution in [0.2, 0.25) is 0 Å². The fraction of sp³-hybridized carbons (Fsp3) is 0.583. The second-order valence-corrected chi connectivity index (χ2v) is 4.74. The van der Waals surface area contributed by atoms with Gasteiger partial charge in [-0.25, -0.2) is 0 Å². The van der Waals surface area contributed by atoms with Crippen molar-refractivity contribution in [3.8, 4) is 0 Å². The molecular formula is C12H16F3N3O3. The predicted octanol–water partition coefficient (Wildman–Crippen LogP) is 1.52. The average Bonchev–Trinajstić information content (AvgIpc) is 2.82. The minimum absolute atomic E-state index is 0.00510. The van der Waals surface area contributed by atoms with Gasteiger partial charge in [0.2, 0.25) is 5.91 Å². The van der Waals surface area contributed by atoms with Gasteiger partial charge in [0.1, 0.15) is 6.54 Å². The van der Waals surface area contributed by atoms with Gasteiger partial charge in [-0.05, 0) is 18.4 Å². The lowest BCUT2D eigenvalue weighted by Crippen LogP contribution is -2.31. The molecule has 1 amide bonds. The highest BCUT2D eigenvalue weighted by Crippen LogP contribution is 2.27. The highest BCUT2D eigenvalue weighted by Gasteiger charge is 2.33. The van der Waals surface area contributed by atoms with Gasteiger partial charge in [-0.3, -0.25) is 14.3 Å². The number of nitrogens with zero attached hydrogens (tertiary/aromatic N) is 2. The number of nitrogens with one attached hydrogen (secondary N) is 1. The van der Waals surface area contributed by atoms with Crippen molar-refractivity contribution in [3.63, 3.8) is 0 Å². The molecule has 1 aromatic heterocycles. The number of carboxylic acid groups (broad SMARTS) is 1. The fourth-order valence-electron chi connectivity index (χ4n) is 1.56. The van der Waals surface area contributed by atoms with E-state index in [2.05, 4.69) is 10.4 Å². The maximum absolute atomic E-state index is 12.3. The number of carboxylic acids is 1. The van der Waals surface area contributed by atoms with E-state index in [1.807, 2.05) is 0 Å². The number of carbonyl (C=O) groups is 2. The maximum Gasteiger partial charge on any atom is 0.435 e. The average molecular weight is 307 g/mol. The van der Waals surface area contributed by atoms with Crippen molar-refractivity contribution in [1.29, 1.82) is 0 Å². The summed E-state index contributed by atoms with van der Waals surface area (Å²) in [5.41, 5.74) is -1.05. The Hall–Kier alpha value is -2.06. The number of aromatic nitrogens is 2. The van der Waals surface area contributed by atoms with Gasteiger partial charge in [0.15, 0.2) is 5.69 Å². The van der Waals surface area contributed by atoms with Crippen LogP contribution in [0.25, 0.3) is 0 Å². The lowest BCUT2D eigenvalue weighted by atomic mass is 10.1. The summed E-state index contributed by atoms with van der Waals surface area (Å²) in [6.07, 6.45) is -3.04. The number of hydrogen-bond acceptors (Lipinski definition) is 3. The number of hydrogen-bond donors (Lipinski definition) is 2. The highest BCUT2D eigenvalue weighted by molar-refractivity contribution is 5.75. The highest BCUT2D eigenvalue weighted by atomic mass is 19.4. The van der Waals surface area contributed by atoms with Gasteiger partial charge in [0.05, 0.1) is 0 Å². The number of alkyl halides is 3. The molecule has 1 rings (SSSR count). The monoisotopic (exact) mass is 307 g/mol. The first-order valence-corrected chi connectivity index (χ1v) is 6.27. The first kappa shape index (κ1) is 17.0. The first-order chi connectivity index (χ1) is 9.68. The second kappa shape index (κ2) is 7.09. The third-order valence-corrected chi connectivity index (χ3v) is 2.74. The van der Waals surface area contributed by atoms with E-state index in [-0.39, 0.29) is 25.4 Å². The smallest absolute Gasteiger partial charge is 0.435 e. The molecule has 0 spiro atoms. The standard InChI is InChI=1S/C12H16F3N3O3/c1-8(2-3-11(20)21)6-16-10(19)7-18-5-4-9(17-18)12(13,14)15/h4-5,8H,2-3,6-7H2,1H3,(H,16,19)(H,20,21). The summed E-state index contributed by atoms with van der Waals surface area (Å²) < 4.78 is 37.9. The van der Waals surface area contributed by atoms with E-state index >= 15 is 0 Å². The van der Waals surface area contributed by atoms with Crippen molar-refractivity contribution >= 4 is 11.9 Å². The maximum atomic E-state index is 12.3. The van der Waals surface area contributed by atoms with Crippen molar-refractivity contribution in [2.45, 2.75) is 32.5 Å². The summed E-state index contributed by atoms with van der Waals surface area (Å²) in [5, 5.41) is 14.3. The van der Waals surface area contributed by atoms with E-state index in [0.29, 0.717) is 6.42 Å². The van der Waals surface area contributed by atoms with E-state index < -0.39 is 23.7 Å². The molecule has 9 heteroatoms. The normalized spacial score (nSPS) is 13.0. The topological polar surface area (TPSA) is 84.2 Å². The number of halogens is 3. The van der Waals surface area contributed by atoms with E-state index in [0.717, 1.165) is 16.9 Å². The van der Waals surface area contributed by atoms with E-state index in [9.17, 15) is 22.8 Å². The molecule has 0 saturated carbocycles. The Balaban J connectivity index is 2.37. The number of rotatable bonds is 7. The molecule has 1 unspecified atom stereocenters. The summed E-state index contributed by atoms with van der Waals surface area (Å²) >= 11 is 0. The quantitative estimate of drug-likeness (QED) is 0.800. The van der Waals surface area contributed by atoms with Crippen molar-refractivity contribution in [3.05, 3.63) is 18.0 Å². The Morgan fingerprint density at radius 3 is 2.67 bits per heavy atom. The number of carbonyl (C=O) groups excluding carboxylic acids is 1. The van der Waals surface area contributed by atoms with E-state index in [4.69, 9.17) is 5.11 Å². The molecule has 0 aliphatic rings. The van der Waals surface area contributed by atoms with Gasteiger partial charge in [0.25, 0.3) is 0 Å². The minimum atomic E-state index is -4.53. The van der Waals surface area contributed by atoms with Crippen LogP contribution in [0.15, 0.2) is 12.3 Å². The molecule has 118 valence electrons. The molecule has 0 fully saturated rings. The summed E-state index contributed by atoms with van der Waals surface area (Å²) in [4.78, 5) is 21.9. The lowest BCUT2D eigenvalue weighted by Gasteiger charge is -2.11. The van der Waals surface area contributed by atoms with Crippen LogP contribution in [0.1, 0.15) is 25.5 Å².